The lowest BCUT2D eigenvalue weighted by Gasteiger charge is -2.05. The summed E-state index contributed by atoms with van der Waals surface area (Å²) in [6, 6.07) is 6.68. The molecule has 1 aromatic carbocycles. The molecule has 47 heavy (non-hydrogen) atoms. The molecule has 0 heterocycles. The van der Waals surface area contributed by atoms with Crippen LogP contribution in [0.5, 0.6) is 5.75 Å². The summed E-state index contributed by atoms with van der Waals surface area (Å²) >= 11 is 5.28. The highest BCUT2D eigenvalue weighted by atomic mass is 35.5. The van der Waals surface area contributed by atoms with E-state index in [0.29, 0.717) is 24.2 Å². The Bertz CT molecular complexity index is 902. The second kappa shape index (κ2) is 35.1. The number of hydrogen-bond donors (Lipinski definition) is 0. The molecule has 0 fully saturated rings. The van der Waals surface area contributed by atoms with Gasteiger partial charge in [-0.15, -0.1) is 0 Å². The van der Waals surface area contributed by atoms with Crippen LogP contribution >= 0.6 is 11.6 Å². The summed E-state index contributed by atoms with van der Waals surface area (Å²) in [5.41, 5.74) is 0.693. The molecule has 0 aliphatic carbocycles. The number of carbonyl (C=O) groups is 2. The molecule has 0 saturated heterocycles. The van der Waals surface area contributed by atoms with Crippen molar-refractivity contribution in [2.24, 2.45) is 0 Å². The Balaban J connectivity index is 0.00000101. The number of rotatable bonds is 31. The highest BCUT2D eigenvalue weighted by molar-refractivity contribution is 6.63. The molecule has 0 atom stereocenters. The Morgan fingerprint density at radius 1 is 0.596 bits per heavy atom. The molecular weight excluding hydrogens is 610 g/mol. The van der Waals surface area contributed by atoms with Gasteiger partial charge in [-0.2, -0.15) is 0 Å². The van der Waals surface area contributed by atoms with Crippen LogP contribution in [0.3, 0.4) is 0 Å². The summed E-state index contributed by atoms with van der Waals surface area (Å²) < 4.78 is 5.31. The minimum atomic E-state index is -0.510. The highest BCUT2D eigenvalue weighted by Crippen LogP contribution is 2.17. The molecule has 0 aromatic heterocycles. The van der Waals surface area contributed by atoms with Gasteiger partial charge in [-0.05, 0) is 42.1 Å². The van der Waals surface area contributed by atoms with Gasteiger partial charge in [-0.3, -0.25) is 19.7 Å². The first-order valence-corrected chi connectivity index (χ1v) is 19.6. The van der Waals surface area contributed by atoms with Crippen molar-refractivity contribution in [3.8, 4) is 5.75 Å². The van der Waals surface area contributed by atoms with E-state index >= 15 is 0 Å². The number of esters is 1. The van der Waals surface area contributed by atoms with E-state index in [1.807, 2.05) is 0 Å². The first-order valence-electron chi connectivity index (χ1n) is 19.2. The number of carbonyl (C=O) groups excluding carboxylic acids is 2. The summed E-state index contributed by atoms with van der Waals surface area (Å²) in [5.74, 6) is 0.254. The number of hydrogen-bond acceptors (Lipinski definition) is 5. The molecule has 270 valence electrons. The van der Waals surface area contributed by atoms with E-state index in [0.717, 1.165) is 31.9 Å². The molecule has 0 unspecified atom stereocenters. The van der Waals surface area contributed by atoms with Gasteiger partial charge in [0, 0.05) is 18.9 Å². The number of benzene rings is 1. The van der Waals surface area contributed by atoms with Crippen molar-refractivity contribution >= 4 is 28.9 Å². The Labute approximate surface area is 293 Å². The number of nitro groups is 1. The molecule has 0 aliphatic rings. The van der Waals surface area contributed by atoms with E-state index in [-0.39, 0.29) is 11.2 Å². The predicted molar refractivity (Wildman–Crippen MR) is 200 cm³/mol. The molecule has 0 amide bonds. The average Bonchev–Trinajstić information content (AvgIpc) is 3.05. The Kier molecular flexibility index (Phi) is 33.5. The fourth-order valence-electron chi connectivity index (χ4n) is 5.55. The normalized spacial score (nSPS) is 11.0. The molecular formula is C40H68ClNO5. The Morgan fingerprint density at radius 3 is 1.28 bits per heavy atom. The van der Waals surface area contributed by atoms with Crippen molar-refractivity contribution < 1.29 is 19.2 Å². The minimum absolute atomic E-state index is 0.182. The Morgan fingerprint density at radius 2 is 0.936 bits per heavy atom. The smallest absolute Gasteiger partial charge is 0.311 e. The van der Waals surface area contributed by atoms with Crippen LogP contribution in [0, 0.1) is 10.1 Å². The van der Waals surface area contributed by atoms with Gasteiger partial charge in [0.1, 0.15) is 5.75 Å². The van der Waals surface area contributed by atoms with Crippen molar-refractivity contribution in [1.82, 2.24) is 0 Å². The third kappa shape index (κ3) is 34.9. The van der Waals surface area contributed by atoms with Crippen molar-refractivity contribution in [3.05, 3.63) is 46.1 Å². The Hall–Kier alpha value is -2.21. The van der Waals surface area contributed by atoms with Gasteiger partial charge in [-0.1, -0.05) is 180 Å². The molecule has 6 nitrogen and oxygen atoms in total. The maximum absolute atomic E-state index is 11.9. The standard InChI is InChI=1S/C24H37NO4.C16H31ClO/c1-2-3-4-5-6-7-8-9-10-11-12-13-14-15-24(26)29-23-18-16-22(17-19-23)20-21-25(27)28;1-2-3-4-5-6-7-8-9-10-11-12-13-14-15-16(17)18/h16-21H,2-15H2,1H3;2-15H2,1H3. The molecule has 7 heteroatoms. The van der Waals surface area contributed by atoms with Gasteiger partial charge in [0.2, 0.25) is 11.4 Å². The topological polar surface area (TPSA) is 86.5 Å². The average molecular weight is 678 g/mol. The quantitative estimate of drug-likeness (QED) is 0.0195. The van der Waals surface area contributed by atoms with E-state index in [4.69, 9.17) is 16.3 Å². The van der Waals surface area contributed by atoms with Gasteiger partial charge in [-0.25, -0.2) is 0 Å². The highest BCUT2D eigenvalue weighted by Gasteiger charge is 2.05. The van der Waals surface area contributed by atoms with E-state index < -0.39 is 4.92 Å². The fraction of sp³-hybridized carbons (Fsp3) is 0.750. The fourth-order valence-corrected chi connectivity index (χ4v) is 5.68. The zero-order valence-electron chi connectivity index (χ0n) is 30.1. The van der Waals surface area contributed by atoms with E-state index in [9.17, 15) is 19.7 Å². The van der Waals surface area contributed by atoms with Crippen LogP contribution in [0.15, 0.2) is 30.5 Å². The van der Waals surface area contributed by atoms with E-state index in [1.54, 1.807) is 24.3 Å². The van der Waals surface area contributed by atoms with E-state index in [1.165, 1.54) is 147 Å². The molecule has 0 aliphatic heterocycles. The number of nitrogens with zero attached hydrogens (tertiary/aromatic N) is 1. The molecule has 0 N–H and O–H groups in total. The molecule has 0 saturated carbocycles. The maximum atomic E-state index is 11.9. The lowest BCUT2D eigenvalue weighted by atomic mass is 10.0. The molecule has 1 aromatic rings. The summed E-state index contributed by atoms with van der Waals surface area (Å²) in [6.07, 6.45) is 37.2. The SMILES string of the molecule is CCCCCCCCCCCCCCCC(=O)Cl.CCCCCCCCCCCCCCCC(=O)Oc1ccc(C=C[N+](=O)[O-])cc1. The van der Waals surface area contributed by atoms with Crippen LogP contribution in [0.1, 0.15) is 199 Å². The number of unbranched alkanes of at least 4 members (excludes halogenated alkanes) is 24. The summed E-state index contributed by atoms with van der Waals surface area (Å²) in [4.78, 5) is 32.2. The molecule has 0 radical (unpaired) electrons. The first kappa shape index (κ1) is 44.8. The van der Waals surface area contributed by atoms with Crippen molar-refractivity contribution in [1.29, 1.82) is 0 Å². The summed E-state index contributed by atoms with van der Waals surface area (Å²) in [7, 11) is 0. The van der Waals surface area contributed by atoms with Crippen molar-refractivity contribution in [2.45, 2.75) is 194 Å². The minimum Gasteiger partial charge on any atom is -0.427 e. The molecule has 1 rings (SSSR count). The van der Waals surface area contributed by atoms with Crippen LogP contribution in [0.2, 0.25) is 0 Å². The molecule has 0 spiro atoms. The zero-order valence-corrected chi connectivity index (χ0v) is 30.9. The third-order valence-corrected chi connectivity index (χ3v) is 8.65. The summed E-state index contributed by atoms with van der Waals surface area (Å²) in [6.45, 7) is 4.52. The van der Waals surface area contributed by atoms with Crippen LogP contribution < -0.4 is 4.74 Å². The molecule has 0 bridgehead atoms. The number of halogens is 1. The lowest BCUT2D eigenvalue weighted by Crippen LogP contribution is -2.07. The van der Waals surface area contributed by atoms with Crippen LogP contribution in [0.4, 0.5) is 0 Å². The lowest BCUT2D eigenvalue weighted by molar-refractivity contribution is -0.400. The maximum Gasteiger partial charge on any atom is 0.311 e. The van der Waals surface area contributed by atoms with E-state index in [2.05, 4.69) is 13.8 Å². The second-order valence-electron chi connectivity index (χ2n) is 13.0. The van der Waals surface area contributed by atoms with Gasteiger partial charge >= 0.3 is 5.97 Å². The van der Waals surface area contributed by atoms with Gasteiger partial charge in [0.05, 0.1) is 4.92 Å². The van der Waals surface area contributed by atoms with Crippen LogP contribution in [0.25, 0.3) is 6.08 Å². The van der Waals surface area contributed by atoms with Crippen molar-refractivity contribution in [3.63, 3.8) is 0 Å². The van der Waals surface area contributed by atoms with Crippen LogP contribution in [-0.2, 0) is 9.59 Å². The van der Waals surface area contributed by atoms with Gasteiger partial charge < -0.3 is 4.74 Å². The number of ether oxygens (including phenoxy) is 1. The first-order chi connectivity index (χ1) is 22.9. The monoisotopic (exact) mass is 677 g/mol. The van der Waals surface area contributed by atoms with Gasteiger partial charge in [0.25, 0.3) is 0 Å². The second-order valence-corrected chi connectivity index (χ2v) is 13.4. The summed E-state index contributed by atoms with van der Waals surface area (Å²) in [5, 5.41) is 10.1. The van der Waals surface area contributed by atoms with Crippen molar-refractivity contribution in [2.75, 3.05) is 0 Å². The largest absolute Gasteiger partial charge is 0.427 e. The zero-order chi connectivity index (χ0) is 34.6. The van der Waals surface area contributed by atoms with Gasteiger partial charge in [0.15, 0.2) is 0 Å². The predicted octanol–water partition coefficient (Wildman–Crippen LogP) is 13.6. The third-order valence-electron chi connectivity index (χ3n) is 8.46. The van der Waals surface area contributed by atoms with Crippen LogP contribution in [-0.4, -0.2) is 16.1 Å².